The molecular formula is C10H15N2. The van der Waals surface area contributed by atoms with Gasteiger partial charge in [-0.3, -0.25) is 9.88 Å². The Morgan fingerprint density at radius 1 is 1.42 bits per heavy atom. The van der Waals surface area contributed by atoms with E-state index in [4.69, 9.17) is 0 Å². The number of rotatable bonds is 4. The van der Waals surface area contributed by atoms with Crippen molar-refractivity contribution in [3.05, 3.63) is 30.1 Å². The van der Waals surface area contributed by atoms with E-state index in [1.165, 1.54) is 5.56 Å². The van der Waals surface area contributed by atoms with Crippen LogP contribution >= 0.6 is 0 Å². The molecule has 0 aliphatic heterocycles. The van der Waals surface area contributed by atoms with Gasteiger partial charge in [-0.15, -0.1) is 0 Å². The molecule has 0 aliphatic carbocycles. The minimum Gasteiger partial charge on any atom is -0.300 e. The minimum atomic E-state index is 0.995. The molecule has 0 atom stereocenters. The Balaban J connectivity index is 2.51. The van der Waals surface area contributed by atoms with Crippen molar-refractivity contribution in [1.29, 1.82) is 0 Å². The predicted molar refractivity (Wildman–Crippen MR) is 49.7 cm³/mol. The fourth-order valence-corrected chi connectivity index (χ4v) is 1.15. The van der Waals surface area contributed by atoms with Gasteiger partial charge in [-0.1, -0.05) is 19.9 Å². The number of hydrogen-bond acceptors (Lipinski definition) is 2. The molecule has 12 heavy (non-hydrogen) atoms. The van der Waals surface area contributed by atoms with Gasteiger partial charge in [-0.2, -0.15) is 0 Å². The average Bonchev–Trinajstić information content (AvgIpc) is 2.16. The van der Waals surface area contributed by atoms with Crippen LogP contribution in [0.15, 0.2) is 18.3 Å². The quantitative estimate of drug-likeness (QED) is 0.672. The lowest BCUT2D eigenvalue weighted by molar-refractivity contribution is 0.295. The highest BCUT2D eigenvalue weighted by atomic mass is 15.1. The highest BCUT2D eigenvalue weighted by Gasteiger charge is 1.99. The van der Waals surface area contributed by atoms with Crippen molar-refractivity contribution in [2.45, 2.75) is 20.4 Å². The van der Waals surface area contributed by atoms with Gasteiger partial charge in [-0.25, -0.2) is 0 Å². The summed E-state index contributed by atoms with van der Waals surface area (Å²) < 4.78 is 0. The number of pyridine rings is 1. The van der Waals surface area contributed by atoms with Crippen LogP contribution in [0.1, 0.15) is 19.4 Å². The van der Waals surface area contributed by atoms with Gasteiger partial charge in [0, 0.05) is 12.7 Å². The summed E-state index contributed by atoms with van der Waals surface area (Å²) in [6, 6.07) is 3.92. The van der Waals surface area contributed by atoms with Crippen molar-refractivity contribution in [2.24, 2.45) is 0 Å². The van der Waals surface area contributed by atoms with Gasteiger partial charge in [0.15, 0.2) is 0 Å². The Kier molecular flexibility index (Phi) is 3.74. The minimum absolute atomic E-state index is 0.995. The second-order valence-corrected chi connectivity index (χ2v) is 2.76. The van der Waals surface area contributed by atoms with E-state index in [2.05, 4.69) is 36.0 Å². The van der Waals surface area contributed by atoms with Crippen LogP contribution in [-0.2, 0) is 6.54 Å². The summed E-state index contributed by atoms with van der Waals surface area (Å²) in [6.45, 7) is 7.52. The average molecular weight is 163 g/mol. The molecule has 1 rings (SSSR count). The third kappa shape index (κ3) is 2.62. The molecule has 2 nitrogen and oxygen atoms in total. The molecule has 0 spiro atoms. The second-order valence-electron chi connectivity index (χ2n) is 2.76. The smallest absolute Gasteiger partial charge is 0.0886 e. The van der Waals surface area contributed by atoms with Gasteiger partial charge in [0.25, 0.3) is 0 Å². The highest BCUT2D eigenvalue weighted by Crippen LogP contribution is 2.00. The van der Waals surface area contributed by atoms with E-state index in [0.29, 0.717) is 0 Å². The predicted octanol–water partition coefficient (Wildman–Crippen LogP) is 1.72. The van der Waals surface area contributed by atoms with Gasteiger partial charge >= 0.3 is 0 Å². The van der Waals surface area contributed by atoms with Crippen LogP contribution in [0.3, 0.4) is 0 Å². The van der Waals surface area contributed by atoms with E-state index >= 15 is 0 Å². The summed E-state index contributed by atoms with van der Waals surface area (Å²) in [6.07, 6.45) is 4.65. The number of nitrogens with zero attached hydrogens (tertiary/aromatic N) is 2. The van der Waals surface area contributed by atoms with E-state index in [1.807, 2.05) is 12.3 Å². The third-order valence-electron chi connectivity index (χ3n) is 1.98. The molecule has 0 amide bonds. The molecule has 1 aromatic heterocycles. The van der Waals surface area contributed by atoms with Crippen LogP contribution < -0.4 is 0 Å². The van der Waals surface area contributed by atoms with Crippen molar-refractivity contribution >= 4 is 0 Å². The molecule has 0 aromatic carbocycles. The van der Waals surface area contributed by atoms with Gasteiger partial charge in [0.05, 0.1) is 6.20 Å². The zero-order chi connectivity index (χ0) is 8.81. The van der Waals surface area contributed by atoms with Crippen LogP contribution in [0.25, 0.3) is 0 Å². The molecule has 0 aliphatic rings. The maximum absolute atomic E-state index is 3.95. The molecule has 0 N–H and O–H groups in total. The molecule has 65 valence electrons. The molecule has 0 saturated heterocycles. The van der Waals surface area contributed by atoms with Crippen molar-refractivity contribution < 1.29 is 0 Å². The maximum atomic E-state index is 3.95. The molecule has 1 heterocycles. The lowest BCUT2D eigenvalue weighted by atomic mass is 10.2. The summed E-state index contributed by atoms with van der Waals surface area (Å²) in [5.41, 5.74) is 1.26. The Bertz CT molecular complexity index is 204. The van der Waals surface area contributed by atoms with Crippen LogP contribution in [-0.4, -0.2) is 23.0 Å². The van der Waals surface area contributed by atoms with Crippen LogP contribution in [0.5, 0.6) is 0 Å². The molecular weight excluding hydrogens is 148 g/mol. The van der Waals surface area contributed by atoms with Crippen molar-refractivity contribution in [2.75, 3.05) is 13.1 Å². The largest absolute Gasteiger partial charge is 0.300 e. The first kappa shape index (κ1) is 9.20. The molecule has 0 unspecified atom stereocenters. The zero-order valence-electron chi connectivity index (χ0n) is 7.75. The zero-order valence-corrected chi connectivity index (χ0v) is 7.75. The van der Waals surface area contributed by atoms with Crippen molar-refractivity contribution in [3.63, 3.8) is 0 Å². The molecule has 0 saturated carbocycles. The highest BCUT2D eigenvalue weighted by molar-refractivity contribution is 5.07. The fourth-order valence-electron chi connectivity index (χ4n) is 1.15. The van der Waals surface area contributed by atoms with Gasteiger partial charge < -0.3 is 0 Å². The lowest BCUT2D eigenvalue weighted by Crippen LogP contribution is -2.22. The van der Waals surface area contributed by atoms with Crippen LogP contribution in [0, 0.1) is 6.20 Å². The van der Waals surface area contributed by atoms with Crippen molar-refractivity contribution in [3.8, 4) is 0 Å². The first-order valence-corrected chi connectivity index (χ1v) is 4.40. The summed E-state index contributed by atoms with van der Waals surface area (Å²) in [5.74, 6) is 0. The van der Waals surface area contributed by atoms with E-state index in [-0.39, 0.29) is 0 Å². The van der Waals surface area contributed by atoms with Gasteiger partial charge in [-0.05, 0) is 24.7 Å². The molecule has 1 aromatic rings. The van der Waals surface area contributed by atoms with E-state index in [1.54, 1.807) is 0 Å². The van der Waals surface area contributed by atoms with Crippen LogP contribution in [0.4, 0.5) is 0 Å². The molecule has 0 fully saturated rings. The second kappa shape index (κ2) is 4.88. The Morgan fingerprint density at radius 3 is 2.67 bits per heavy atom. The number of hydrogen-bond donors (Lipinski definition) is 0. The lowest BCUT2D eigenvalue weighted by Gasteiger charge is -2.17. The van der Waals surface area contributed by atoms with Gasteiger partial charge in [0.1, 0.15) is 0 Å². The Morgan fingerprint density at radius 2 is 2.17 bits per heavy atom. The molecule has 1 radical (unpaired) electrons. The Hall–Kier alpha value is -0.890. The number of aromatic nitrogens is 1. The summed E-state index contributed by atoms with van der Waals surface area (Å²) >= 11 is 0. The fraction of sp³-hybridized carbons (Fsp3) is 0.500. The first-order valence-electron chi connectivity index (χ1n) is 4.40. The van der Waals surface area contributed by atoms with Gasteiger partial charge in [0.2, 0.25) is 0 Å². The summed E-state index contributed by atoms with van der Waals surface area (Å²) in [5, 5.41) is 0. The topological polar surface area (TPSA) is 16.1 Å². The van der Waals surface area contributed by atoms with Crippen LogP contribution in [0.2, 0.25) is 0 Å². The SMILES string of the molecule is CCN(CC)Cc1cc[c]nc1. The first-order chi connectivity index (χ1) is 5.86. The molecule has 0 bridgehead atoms. The maximum Gasteiger partial charge on any atom is 0.0886 e. The normalized spacial score (nSPS) is 10.6. The molecule has 2 heteroatoms. The van der Waals surface area contributed by atoms with E-state index in [0.717, 1.165) is 19.6 Å². The summed E-state index contributed by atoms with van der Waals surface area (Å²) in [7, 11) is 0. The van der Waals surface area contributed by atoms with Crippen molar-refractivity contribution in [1.82, 2.24) is 9.88 Å². The van der Waals surface area contributed by atoms with E-state index < -0.39 is 0 Å². The monoisotopic (exact) mass is 163 g/mol. The Labute approximate surface area is 74.2 Å². The standard InChI is InChI=1S/C10H15N2/c1-3-12(4-2)9-10-6-5-7-11-8-10/h5-6,8H,3-4,9H2,1-2H3. The summed E-state index contributed by atoms with van der Waals surface area (Å²) in [4.78, 5) is 6.31. The third-order valence-corrected chi connectivity index (χ3v) is 1.98. The van der Waals surface area contributed by atoms with E-state index in [9.17, 15) is 0 Å².